The first-order valence-electron chi connectivity index (χ1n) is 11.2. The van der Waals surface area contributed by atoms with Crippen LogP contribution in [0.1, 0.15) is 51.5 Å². The quantitative estimate of drug-likeness (QED) is 0.462. The van der Waals surface area contributed by atoms with Crippen molar-refractivity contribution in [2.75, 3.05) is 20.2 Å². The van der Waals surface area contributed by atoms with Crippen LogP contribution in [0.5, 0.6) is 0 Å². The molecule has 2 fully saturated rings. The van der Waals surface area contributed by atoms with E-state index in [1.807, 2.05) is 12.1 Å². The number of rotatable bonds is 5. The highest BCUT2D eigenvalue weighted by molar-refractivity contribution is 6.42. The number of carbonyl (C=O) groups is 3. The Balaban J connectivity index is 1.30. The smallest absolute Gasteiger partial charge is 0.311 e. The summed E-state index contributed by atoms with van der Waals surface area (Å²) in [5.74, 6) is -1.39. The first-order valence-corrected chi connectivity index (χ1v) is 11.9. The van der Waals surface area contributed by atoms with Gasteiger partial charge in [0.25, 0.3) is 11.8 Å². The highest BCUT2D eigenvalue weighted by atomic mass is 35.5. The lowest BCUT2D eigenvalue weighted by atomic mass is 9.76. The van der Waals surface area contributed by atoms with Crippen LogP contribution in [0, 0.1) is 5.92 Å². The van der Waals surface area contributed by atoms with E-state index in [-0.39, 0.29) is 48.8 Å². The summed E-state index contributed by atoms with van der Waals surface area (Å²) in [5, 5.41) is 0.953. The van der Waals surface area contributed by atoms with E-state index in [4.69, 9.17) is 27.9 Å². The molecule has 2 aromatic rings. The van der Waals surface area contributed by atoms with Crippen molar-refractivity contribution < 1.29 is 19.1 Å². The minimum Gasteiger partial charge on any atom is -0.464 e. The molecule has 3 aliphatic rings. The summed E-state index contributed by atoms with van der Waals surface area (Å²) in [6.07, 6.45) is 2.80. The zero-order valence-corrected chi connectivity index (χ0v) is 19.7. The summed E-state index contributed by atoms with van der Waals surface area (Å²) < 4.78 is 5.67. The molecule has 3 aliphatic heterocycles. The van der Waals surface area contributed by atoms with Gasteiger partial charge in [-0.05, 0) is 56.1 Å². The molecule has 3 heterocycles. The number of nitrogens with zero attached hydrogens (tertiary/aromatic N) is 2. The fourth-order valence-electron chi connectivity index (χ4n) is 5.65. The molecule has 5 rings (SSSR count). The van der Waals surface area contributed by atoms with E-state index in [2.05, 4.69) is 11.9 Å². The van der Waals surface area contributed by atoms with Crippen LogP contribution in [-0.2, 0) is 9.53 Å². The second kappa shape index (κ2) is 8.75. The van der Waals surface area contributed by atoms with Gasteiger partial charge in [-0.3, -0.25) is 24.2 Å². The van der Waals surface area contributed by atoms with Crippen molar-refractivity contribution in [1.29, 1.82) is 0 Å². The molecule has 2 saturated heterocycles. The van der Waals surface area contributed by atoms with Gasteiger partial charge in [0.05, 0.1) is 33.6 Å². The predicted octanol–water partition coefficient (Wildman–Crippen LogP) is 4.40. The van der Waals surface area contributed by atoms with Crippen LogP contribution in [0.25, 0.3) is 0 Å². The van der Waals surface area contributed by atoms with Crippen molar-refractivity contribution in [2.24, 2.45) is 5.92 Å². The van der Waals surface area contributed by atoms with Gasteiger partial charge in [-0.25, -0.2) is 0 Å². The highest BCUT2D eigenvalue weighted by Crippen LogP contribution is 2.47. The first-order chi connectivity index (χ1) is 15.9. The molecule has 0 saturated carbocycles. The number of imide groups is 1. The van der Waals surface area contributed by atoms with Crippen molar-refractivity contribution in [1.82, 2.24) is 9.80 Å². The lowest BCUT2D eigenvalue weighted by Gasteiger charge is -2.42. The van der Waals surface area contributed by atoms with Crippen LogP contribution in [0.2, 0.25) is 10.0 Å². The Morgan fingerprint density at radius 3 is 2.39 bits per heavy atom. The Morgan fingerprint density at radius 1 is 1.03 bits per heavy atom. The van der Waals surface area contributed by atoms with Gasteiger partial charge in [0.2, 0.25) is 0 Å². The first kappa shape index (κ1) is 22.4. The van der Waals surface area contributed by atoms with E-state index in [9.17, 15) is 14.4 Å². The molecule has 0 aliphatic carbocycles. The number of halogens is 2. The second-order valence-corrected chi connectivity index (χ2v) is 9.79. The zero-order chi connectivity index (χ0) is 23.3. The predicted molar refractivity (Wildman–Crippen MR) is 125 cm³/mol. The summed E-state index contributed by atoms with van der Waals surface area (Å²) in [6.45, 7) is 0.000135. The molecule has 0 unspecified atom stereocenters. The molecule has 0 N–H and O–H groups in total. The van der Waals surface area contributed by atoms with E-state index in [1.165, 1.54) is 0 Å². The number of piperidine rings is 1. The fraction of sp³-hybridized carbons (Fsp3) is 0.400. The molecular weight excluding hydrogens is 463 g/mol. The number of ether oxygens (including phenoxy) is 1. The molecule has 0 aromatic heterocycles. The molecule has 0 radical (unpaired) electrons. The van der Waals surface area contributed by atoms with Gasteiger partial charge in [-0.1, -0.05) is 41.4 Å². The van der Waals surface area contributed by atoms with Gasteiger partial charge in [-0.15, -0.1) is 0 Å². The molecule has 0 spiro atoms. The van der Waals surface area contributed by atoms with Gasteiger partial charge < -0.3 is 4.74 Å². The van der Waals surface area contributed by atoms with Crippen molar-refractivity contribution in [2.45, 2.75) is 37.3 Å². The summed E-state index contributed by atoms with van der Waals surface area (Å²) in [4.78, 5) is 41.9. The lowest BCUT2D eigenvalue weighted by molar-refractivity contribution is -0.153. The third kappa shape index (κ3) is 3.84. The number of amides is 2. The SMILES string of the molecule is CN1[C@H]2CC[C@@H]1[C@@H](C(=O)OCCN1C(=O)c3ccccc3C1=O)[C@@H](c1ccc(Cl)c(Cl)c1)C2. The summed E-state index contributed by atoms with van der Waals surface area (Å²) in [6, 6.07) is 12.8. The van der Waals surface area contributed by atoms with E-state index >= 15 is 0 Å². The number of carbonyl (C=O) groups excluding carboxylic acids is 3. The van der Waals surface area contributed by atoms with Crippen LogP contribution in [-0.4, -0.2) is 59.9 Å². The summed E-state index contributed by atoms with van der Waals surface area (Å²) in [5.41, 5.74) is 1.76. The molecule has 2 amide bonds. The fourth-order valence-corrected chi connectivity index (χ4v) is 5.96. The standard InChI is InChI=1S/C25H24Cl2N2O4/c1-28-15-7-9-21(28)22(18(13-15)14-6-8-19(26)20(27)12-14)25(32)33-11-10-29-23(30)16-4-2-3-5-17(16)24(29)31/h2-6,8,12,15,18,21-22H,7,9-11,13H2,1H3/t15-,18+,21+,22-/m0/s1. The van der Waals surface area contributed by atoms with Crippen LogP contribution in [0.3, 0.4) is 0 Å². The number of fused-ring (bicyclic) bond motifs is 3. The van der Waals surface area contributed by atoms with Gasteiger partial charge in [0.15, 0.2) is 0 Å². The maximum Gasteiger partial charge on any atom is 0.311 e. The normalized spacial score (nSPS) is 26.6. The molecular formula is C25H24Cl2N2O4. The third-order valence-electron chi connectivity index (χ3n) is 7.35. The lowest BCUT2D eigenvalue weighted by Crippen LogP contribution is -2.49. The van der Waals surface area contributed by atoms with Crippen molar-refractivity contribution >= 4 is 41.0 Å². The van der Waals surface area contributed by atoms with Crippen molar-refractivity contribution in [3.63, 3.8) is 0 Å². The average molecular weight is 487 g/mol. The van der Waals surface area contributed by atoms with Gasteiger partial charge >= 0.3 is 5.97 Å². The van der Waals surface area contributed by atoms with E-state index in [0.717, 1.165) is 29.7 Å². The minimum absolute atomic E-state index is 0.0275. The minimum atomic E-state index is -0.354. The average Bonchev–Trinajstić information content (AvgIpc) is 3.18. The molecule has 6 nitrogen and oxygen atoms in total. The van der Waals surface area contributed by atoms with Crippen LogP contribution in [0.4, 0.5) is 0 Å². The van der Waals surface area contributed by atoms with E-state index < -0.39 is 0 Å². The number of esters is 1. The molecule has 2 bridgehead atoms. The third-order valence-corrected chi connectivity index (χ3v) is 8.09. The highest BCUT2D eigenvalue weighted by Gasteiger charge is 2.50. The molecule has 172 valence electrons. The van der Waals surface area contributed by atoms with Crippen LogP contribution >= 0.6 is 23.2 Å². The maximum absolute atomic E-state index is 13.3. The van der Waals surface area contributed by atoms with Crippen LogP contribution in [0.15, 0.2) is 42.5 Å². The zero-order valence-electron chi connectivity index (χ0n) is 18.2. The van der Waals surface area contributed by atoms with E-state index in [0.29, 0.717) is 27.2 Å². The topological polar surface area (TPSA) is 66.9 Å². The Bertz CT molecular complexity index is 1100. The van der Waals surface area contributed by atoms with Gasteiger partial charge in [0, 0.05) is 18.0 Å². The Hall–Kier alpha value is -2.41. The molecule has 8 heteroatoms. The van der Waals surface area contributed by atoms with Gasteiger partial charge in [0.1, 0.15) is 6.61 Å². The molecule has 4 atom stereocenters. The largest absolute Gasteiger partial charge is 0.464 e. The monoisotopic (exact) mass is 486 g/mol. The Labute approximate surface area is 202 Å². The molecule has 2 aromatic carbocycles. The number of hydrogen-bond acceptors (Lipinski definition) is 5. The maximum atomic E-state index is 13.3. The van der Waals surface area contributed by atoms with Crippen molar-refractivity contribution in [3.8, 4) is 0 Å². The van der Waals surface area contributed by atoms with E-state index in [1.54, 1.807) is 30.3 Å². The molecule has 33 heavy (non-hydrogen) atoms. The number of benzene rings is 2. The number of hydrogen-bond donors (Lipinski definition) is 0. The van der Waals surface area contributed by atoms with Crippen LogP contribution < -0.4 is 0 Å². The Kier molecular flexibility index (Phi) is 5.93. The second-order valence-electron chi connectivity index (χ2n) is 8.98. The Morgan fingerprint density at radius 2 is 1.73 bits per heavy atom. The summed E-state index contributed by atoms with van der Waals surface area (Å²) in [7, 11) is 2.06. The van der Waals surface area contributed by atoms with Gasteiger partial charge in [-0.2, -0.15) is 0 Å². The summed E-state index contributed by atoms with van der Waals surface area (Å²) >= 11 is 12.4. The van der Waals surface area contributed by atoms with Crippen molar-refractivity contribution in [3.05, 3.63) is 69.2 Å².